The summed E-state index contributed by atoms with van der Waals surface area (Å²) in [7, 11) is 0. The van der Waals surface area contributed by atoms with E-state index in [0.717, 1.165) is 0 Å². The minimum atomic E-state index is -0.707. The topological polar surface area (TPSA) is 60.9 Å². The van der Waals surface area contributed by atoms with Crippen molar-refractivity contribution >= 4 is 17.6 Å². The number of rotatable bonds is 1. The maximum Gasteiger partial charge on any atom is 0.356 e. The Bertz CT molecular complexity index is 377. The molecule has 5 heteroatoms. The van der Waals surface area contributed by atoms with Gasteiger partial charge in [0.05, 0.1) is 0 Å². The molecule has 0 unspecified atom stereocenters. The number of imide groups is 1. The summed E-state index contributed by atoms with van der Waals surface area (Å²) in [5.74, 6) is -0.612. The number of urea groups is 1. The zero-order valence-corrected chi connectivity index (χ0v) is 7.25. The summed E-state index contributed by atoms with van der Waals surface area (Å²) < 4.78 is 0. The van der Waals surface area contributed by atoms with Gasteiger partial charge in [-0.25, -0.2) is 4.79 Å². The lowest BCUT2D eigenvalue weighted by Gasteiger charge is -2.13. The molecule has 0 aromatic heterocycles. The van der Waals surface area contributed by atoms with Crippen LogP contribution in [0.2, 0.25) is 0 Å². The van der Waals surface area contributed by atoms with Crippen molar-refractivity contribution in [2.24, 2.45) is 0 Å². The van der Waals surface area contributed by atoms with Crippen LogP contribution >= 0.6 is 0 Å². The van der Waals surface area contributed by atoms with Crippen molar-refractivity contribution in [3.63, 3.8) is 0 Å². The van der Waals surface area contributed by atoms with Crippen LogP contribution in [0.3, 0.4) is 0 Å². The Morgan fingerprint density at radius 1 is 1.14 bits per heavy atom. The Morgan fingerprint density at radius 2 is 1.79 bits per heavy atom. The Hall–Kier alpha value is -1.88. The molecule has 0 aliphatic carbocycles. The molecular formula is C9H8N2O3. The maximum atomic E-state index is 11.3. The molecule has 0 bridgehead atoms. The minimum absolute atomic E-state index is 0.112. The molecule has 3 amide bonds. The molecule has 14 heavy (non-hydrogen) atoms. The van der Waals surface area contributed by atoms with Gasteiger partial charge in [-0.05, 0) is 12.1 Å². The maximum absolute atomic E-state index is 11.3. The molecule has 1 aliphatic heterocycles. The van der Waals surface area contributed by atoms with Gasteiger partial charge < -0.3 is 0 Å². The van der Waals surface area contributed by atoms with Crippen LogP contribution in [-0.2, 0) is 4.79 Å². The third-order valence-electron chi connectivity index (χ3n) is 2.01. The van der Waals surface area contributed by atoms with Gasteiger partial charge in [0, 0.05) is 5.69 Å². The van der Waals surface area contributed by atoms with Crippen LogP contribution in [0.25, 0.3) is 0 Å². The molecule has 1 aromatic carbocycles. The van der Waals surface area contributed by atoms with Crippen molar-refractivity contribution in [1.29, 1.82) is 0 Å². The number of hydrogen-bond donors (Lipinski definition) is 1. The predicted molar refractivity (Wildman–Crippen MR) is 47.8 cm³/mol. The zero-order chi connectivity index (χ0) is 10.1. The third-order valence-corrected chi connectivity index (χ3v) is 2.01. The fourth-order valence-electron chi connectivity index (χ4n) is 1.30. The van der Waals surface area contributed by atoms with Crippen molar-refractivity contribution in [1.82, 2.24) is 5.06 Å². The van der Waals surface area contributed by atoms with Crippen molar-refractivity contribution in [2.75, 3.05) is 11.4 Å². The fourth-order valence-corrected chi connectivity index (χ4v) is 1.30. The van der Waals surface area contributed by atoms with Crippen LogP contribution in [-0.4, -0.2) is 28.8 Å². The van der Waals surface area contributed by atoms with Gasteiger partial charge in [-0.1, -0.05) is 18.2 Å². The average Bonchev–Trinajstić information content (AvgIpc) is 2.47. The van der Waals surface area contributed by atoms with Crippen molar-refractivity contribution in [3.8, 4) is 0 Å². The van der Waals surface area contributed by atoms with E-state index in [9.17, 15) is 9.59 Å². The Labute approximate surface area is 80.1 Å². The average molecular weight is 192 g/mol. The second-order valence-corrected chi connectivity index (χ2v) is 2.91. The lowest BCUT2D eigenvalue weighted by molar-refractivity contribution is -0.146. The molecule has 0 spiro atoms. The SMILES string of the molecule is O=C1CN(c2ccccc2)C(=O)N1O. The molecule has 1 fully saturated rings. The van der Waals surface area contributed by atoms with Gasteiger partial charge in [-0.2, -0.15) is 0 Å². The van der Waals surface area contributed by atoms with Crippen molar-refractivity contribution in [3.05, 3.63) is 30.3 Å². The molecule has 1 N–H and O–H groups in total. The summed E-state index contributed by atoms with van der Waals surface area (Å²) in [5.41, 5.74) is 0.599. The van der Waals surface area contributed by atoms with Gasteiger partial charge >= 0.3 is 6.03 Å². The summed E-state index contributed by atoms with van der Waals surface area (Å²) in [6.07, 6.45) is 0. The highest BCUT2D eigenvalue weighted by atomic mass is 16.5. The highest BCUT2D eigenvalue weighted by Gasteiger charge is 2.35. The van der Waals surface area contributed by atoms with E-state index in [1.807, 2.05) is 6.07 Å². The summed E-state index contributed by atoms with van der Waals surface area (Å²) in [6.45, 7) is -0.112. The lowest BCUT2D eigenvalue weighted by Crippen LogP contribution is -2.30. The predicted octanol–water partition coefficient (Wildman–Crippen LogP) is 0.844. The molecule has 1 aliphatic rings. The number of hydrogen-bond acceptors (Lipinski definition) is 3. The molecular weight excluding hydrogens is 184 g/mol. The number of hydroxylamine groups is 2. The second-order valence-electron chi connectivity index (χ2n) is 2.91. The number of nitrogens with zero attached hydrogens (tertiary/aromatic N) is 2. The second kappa shape index (κ2) is 3.12. The van der Waals surface area contributed by atoms with Crippen LogP contribution in [0.4, 0.5) is 10.5 Å². The molecule has 1 heterocycles. The standard InChI is InChI=1S/C9H8N2O3/c12-8-6-10(9(13)11(8)14)7-4-2-1-3-5-7/h1-5,14H,6H2. The number of carbonyl (C=O) groups excluding carboxylic acids is 2. The number of para-hydroxylation sites is 1. The minimum Gasteiger partial charge on any atom is -0.283 e. The van der Waals surface area contributed by atoms with E-state index in [4.69, 9.17) is 5.21 Å². The van der Waals surface area contributed by atoms with E-state index in [-0.39, 0.29) is 11.6 Å². The van der Waals surface area contributed by atoms with Gasteiger partial charge in [0.2, 0.25) is 0 Å². The lowest BCUT2D eigenvalue weighted by atomic mass is 10.3. The largest absolute Gasteiger partial charge is 0.356 e. The Morgan fingerprint density at radius 3 is 2.29 bits per heavy atom. The highest BCUT2D eigenvalue weighted by molar-refractivity contribution is 6.10. The summed E-state index contributed by atoms with van der Waals surface area (Å²) in [5, 5.41) is 9.12. The summed E-state index contributed by atoms with van der Waals surface area (Å²) >= 11 is 0. The molecule has 72 valence electrons. The highest BCUT2D eigenvalue weighted by Crippen LogP contribution is 2.18. The Kier molecular flexibility index (Phi) is 1.94. The van der Waals surface area contributed by atoms with E-state index < -0.39 is 11.9 Å². The Balaban J connectivity index is 2.30. The van der Waals surface area contributed by atoms with E-state index in [0.29, 0.717) is 5.69 Å². The van der Waals surface area contributed by atoms with E-state index in [1.54, 1.807) is 24.3 Å². The van der Waals surface area contributed by atoms with Gasteiger partial charge in [-0.3, -0.25) is 14.9 Å². The monoisotopic (exact) mass is 192 g/mol. The van der Waals surface area contributed by atoms with Crippen LogP contribution in [0.15, 0.2) is 30.3 Å². The van der Waals surface area contributed by atoms with Crippen molar-refractivity contribution in [2.45, 2.75) is 0 Å². The van der Waals surface area contributed by atoms with Gasteiger partial charge in [0.25, 0.3) is 5.91 Å². The molecule has 0 radical (unpaired) electrons. The molecule has 1 saturated heterocycles. The first-order valence-corrected chi connectivity index (χ1v) is 4.08. The number of amides is 3. The van der Waals surface area contributed by atoms with E-state index in [1.165, 1.54) is 4.90 Å². The first-order valence-electron chi connectivity index (χ1n) is 4.08. The molecule has 0 atom stereocenters. The van der Waals surface area contributed by atoms with Crippen LogP contribution in [0.5, 0.6) is 0 Å². The van der Waals surface area contributed by atoms with Crippen LogP contribution in [0.1, 0.15) is 0 Å². The van der Waals surface area contributed by atoms with Gasteiger partial charge in [0.1, 0.15) is 6.54 Å². The van der Waals surface area contributed by atoms with Crippen LogP contribution < -0.4 is 4.90 Å². The molecule has 0 saturated carbocycles. The van der Waals surface area contributed by atoms with Gasteiger partial charge in [-0.15, -0.1) is 5.06 Å². The first kappa shape index (κ1) is 8.71. The van der Waals surface area contributed by atoms with E-state index in [2.05, 4.69) is 0 Å². The molecule has 2 rings (SSSR count). The first-order chi connectivity index (χ1) is 6.70. The van der Waals surface area contributed by atoms with E-state index >= 15 is 0 Å². The number of anilines is 1. The summed E-state index contributed by atoms with van der Waals surface area (Å²) in [4.78, 5) is 23.5. The number of carbonyl (C=O) groups is 2. The van der Waals surface area contributed by atoms with Crippen molar-refractivity contribution < 1.29 is 14.8 Å². The summed E-state index contributed by atoms with van der Waals surface area (Å²) in [6, 6.07) is 8.01. The smallest absolute Gasteiger partial charge is 0.283 e. The normalized spacial score (nSPS) is 16.6. The molecule has 5 nitrogen and oxygen atoms in total. The quantitative estimate of drug-likeness (QED) is 0.530. The van der Waals surface area contributed by atoms with Gasteiger partial charge in [0.15, 0.2) is 0 Å². The fraction of sp³-hybridized carbons (Fsp3) is 0.111. The zero-order valence-electron chi connectivity index (χ0n) is 7.25. The number of benzene rings is 1. The van der Waals surface area contributed by atoms with Crippen LogP contribution in [0, 0.1) is 0 Å². The third kappa shape index (κ3) is 1.23. The molecule has 1 aromatic rings.